The van der Waals surface area contributed by atoms with Crippen molar-refractivity contribution in [3.8, 4) is 11.4 Å². The van der Waals surface area contributed by atoms with Crippen LogP contribution in [0.5, 0.6) is 0 Å². The minimum Gasteiger partial charge on any atom is -0.381 e. The van der Waals surface area contributed by atoms with Gasteiger partial charge < -0.3 is 11.1 Å². The summed E-state index contributed by atoms with van der Waals surface area (Å²) in [4.78, 5) is 8.18. The lowest BCUT2D eigenvalue weighted by molar-refractivity contribution is -0.137. The molecule has 1 aromatic heterocycles. The van der Waals surface area contributed by atoms with Crippen molar-refractivity contribution in [2.24, 2.45) is 5.73 Å². The average Bonchev–Trinajstić information content (AvgIpc) is 2.45. The van der Waals surface area contributed by atoms with Crippen LogP contribution in [0.4, 0.5) is 18.9 Å². The molecular formula is C14H15F3N4. The highest BCUT2D eigenvalue weighted by Crippen LogP contribution is 2.35. The van der Waals surface area contributed by atoms with Gasteiger partial charge in [-0.1, -0.05) is 18.2 Å². The molecule has 112 valence electrons. The van der Waals surface area contributed by atoms with Crippen molar-refractivity contribution in [2.45, 2.75) is 13.1 Å². The lowest BCUT2D eigenvalue weighted by atomic mass is 10.1. The summed E-state index contributed by atoms with van der Waals surface area (Å²) >= 11 is 0. The van der Waals surface area contributed by atoms with Crippen LogP contribution in [0.1, 0.15) is 11.3 Å². The maximum absolute atomic E-state index is 13.0. The molecule has 0 unspecified atom stereocenters. The lowest BCUT2D eigenvalue weighted by Crippen LogP contribution is -2.14. The first kappa shape index (κ1) is 15.2. The Hall–Kier alpha value is -2.15. The second-order valence-electron chi connectivity index (χ2n) is 4.45. The fourth-order valence-electron chi connectivity index (χ4n) is 1.90. The summed E-state index contributed by atoms with van der Waals surface area (Å²) < 4.78 is 39.0. The summed E-state index contributed by atoms with van der Waals surface area (Å²) in [5.74, 6) is 0.0544. The largest absolute Gasteiger partial charge is 0.417 e. The Balaban J connectivity index is 2.42. The second-order valence-corrected chi connectivity index (χ2v) is 4.45. The van der Waals surface area contributed by atoms with Crippen LogP contribution in [-0.4, -0.2) is 23.1 Å². The molecule has 0 radical (unpaired) electrons. The molecule has 4 nitrogen and oxygen atoms in total. The zero-order valence-corrected chi connectivity index (χ0v) is 11.4. The third-order valence-corrected chi connectivity index (χ3v) is 2.91. The molecule has 21 heavy (non-hydrogen) atoms. The molecule has 2 rings (SSSR count). The zero-order chi connectivity index (χ0) is 15.5. The van der Waals surface area contributed by atoms with E-state index >= 15 is 0 Å². The molecule has 0 spiro atoms. The molecule has 0 bridgehead atoms. The minimum atomic E-state index is -4.44. The zero-order valence-electron chi connectivity index (χ0n) is 11.4. The average molecular weight is 296 g/mol. The van der Waals surface area contributed by atoms with Gasteiger partial charge in [-0.15, -0.1) is 0 Å². The number of aryl methyl sites for hydroxylation is 1. The van der Waals surface area contributed by atoms with Gasteiger partial charge in [0.05, 0.1) is 23.1 Å². The fourth-order valence-corrected chi connectivity index (χ4v) is 1.90. The van der Waals surface area contributed by atoms with Gasteiger partial charge in [-0.3, -0.25) is 0 Å². The molecule has 0 amide bonds. The predicted octanol–water partition coefficient (Wildman–Crippen LogP) is 2.84. The molecule has 0 aliphatic rings. The molecular weight excluding hydrogens is 281 g/mol. The molecule has 1 aromatic carbocycles. The van der Waals surface area contributed by atoms with Gasteiger partial charge in [0.25, 0.3) is 0 Å². The number of rotatable bonds is 4. The normalized spacial score (nSPS) is 11.5. The van der Waals surface area contributed by atoms with E-state index in [4.69, 9.17) is 5.73 Å². The lowest BCUT2D eigenvalue weighted by Gasteiger charge is -2.13. The van der Waals surface area contributed by atoms with Crippen LogP contribution in [-0.2, 0) is 6.18 Å². The van der Waals surface area contributed by atoms with Gasteiger partial charge in [-0.25, -0.2) is 9.97 Å². The molecule has 0 aliphatic carbocycles. The molecule has 1 heterocycles. The molecule has 0 saturated carbocycles. The fraction of sp³-hybridized carbons (Fsp3) is 0.286. The number of aromatic nitrogens is 2. The van der Waals surface area contributed by atoms with Crippen molar-refractivity contribution in [3.05, 3.63) is 41.7 Å². The third-order valence-electron chi connectivity index (χ3n) is 2.91. The number of nitrogens with one attached hydrogen (secondary N) is 1. The third kappa shape index (κ3) is 3.49. The quantitative estimate of drug-likeness (QED) is 0.910. The summed E-state index contributed by atoms with van der Waals surface area (Å²) in [5, 5.41) is 3.01. The monoisotopic (exact) mass is 296 g/mol. The number of nitrogens with two attached hydrogens (primary N) is 1. The first-order chi connectivity index (χ1) is 9.93. The topological polar surface area (TPSA) is 63.8 Å². The maximum atomic E-state index is 13.0. The summed E-state index contributed by atoms with van der Waals surface area (Å²) in [5.41, 5.74) is 5.85. The van der Waals surface area contributed by atoms with Crippen molar-refractivity contribution >= 4 is 5.69 Å². The molecule has 0 saturated heterocycles. The SMILES string of the molecule is Cc1nc(-c2ccccc2C(F)(F)F)ncc1NCCN. The van der Waals surface area contributed by atoms with Crippen LogP contribution in [0.15, 0.2) is 30.5 Å². The second kappa shape index (κ2) is 6.09. The Labute approximate surface area is 120 Å². The van der Waals surface area contributed by atoms with E-state index in [-0.39, 0.29) is 11.4 Å². The van der Waals surface area contributed by atoms with Crippen molar-refractivity contribution in [1.82, 2.24) is 9.97 Å². The Kier molecular flexibility index (Phi) is 4.42. The highest BCUT2D eigenvalue weighted by Gasteiger charge is 2.34. The van der Waals surface area contributed by atoms with Crippen LogP contribution >= 0.6 is 0 Å². The Morgan fingerprint density at radius 3 is 2.57 bits per heavy atom. The van der Waals surface area contributed by atoms with Gasteiger partial charge >= 0.3 is 6.18 Å². The molecule has 7 heteroatoms. The van der Waals surface area contributed by atoms with Crippen molar-refractivity contribution in [3.63, 3.8) is 0 Å². The van der Waals surface area contributed by atoms with E-state index in [1.165, 1.54) is 24.4 Å². The van der Waals surface area contributed by atoms with Gasteiger partial charge in [0.2, 0.25) is 0 Å². The van der Waals surface area contributed by atoms with E-state index in [9.17, 15) is 13.2 Å². The van der Waals surface area contributed by atoms with Crippen molar-refractivity contribution < 1.29 is 13.2 Å². The number of nitrogens with zero attached hydrogens (tertiary/aromatic N) is 2. The van der Waals surface area contributed by atoms with Crippen molar-refractivity contribution in [2.75, 3.05) is 18.4 Å². The smallest absolute Gasteiger partial charge is 0.381 e. The summed E-state index contributed by atoms with van der Waals surface area (Å²) in [6.07, 6.45) is -2.97. The van der Waals surface area contributed by atoms with Gasteiger partial charge in [0.1, 0.15) is 0 Å². The van der Waals surface area contributed by atoms with E-state index in [0.29, 0.717) is 24.5 Å². The van der Waals surface area contributed by atoms with Crippen LogP contribution in [0.3, 0.4) is 0 Å². The van der Waals surface area contributed by atoms with Gasteiger partial charge in [0, 0.05) is 18.7 Å². The molecule has 2 aromatic rings. The Morgan fingerprint density at radius 1 is 1.24 bits per heavy atom. The first-order valence-corrected chi connectivity index (χ1v) is 6.37. The summed E-state index contributed by atoms with van der Waals surface area (Å²) in [7, 11) is 0. The van der Waals surface area contributed by atoms with E-state index in [1.54, 1.807) is 6.92 Å². The Bertz CT molecular complexity index is 626. The predicted molar refractivity (Wildman–Crippen MR) is 74.8 cm³/mol. The molecule has 0 aliphatic heterocycles. The standard InChI is InChI=1S/C14H15F3N4/c1-9-12(19-7-6-18)8-20-13(21-9)10-4-2-3-5-11(10)14(15,16)17/h2-5,8,19H,6-7,18H2,1H3. The molecule has 0 fully saturated rings. The van der Waals surface area contributed by atoms with E-state index < -0.39 is 11.7 Å². The highest BCUT2D eigenvalue weighted by molar-refractivity contribution is 5.62. The van der Waals surface area contributed by atoms with Gasteiger partial charge in [-0.2, -0.15) is 13.2 Å². The van der Waals surface area contributed by atoms with Crippen molar-refractivity contribution in [1.29, 1.82) is 0 Å². The number of anilines is 1. The molecule has 0 atom stereocenters. The van der Waals surface area contributed by atoms with E-state index in [0.717, 1.165) is 6.07 Å². The van der Waals surface area contributed by atoms with E-state index in [1.807, 2.05) is 0 Å². The summed E-state index contributed by atoms with van der Waals surface area (Å²) in [6, 6.07) is 5.26. The van der Waals surface area contributed by atoms with Crippen LogP contribution < -0.4 is 11.1 Å². The molecule has 3 N–H and O–H groups in total. The van der Waals surface area contributed by atoms with Crippen LogP contribution in [0.2, 0.25) is 0 Å². The number of alkyl halides is 3. The van der Waals surface area contributed by atoms with Gasteiger partial charge in [0.15, 0.2) is 5.82 Å². The maximum Gasteiger partial charge on any atom is 0.417 e. The number of benzene rings is 1. The number of hydrogen-bond donors (Lipinski definition) is 2. The number of halogens is 3. The summed E-state index contributed by atoms with van der Waals surface area (Å²) in [6.45, 7) is 2.70. The van der Waals surface area contributed by atoms with E-state index in [2.05, 4.69) is 15.3 Å². The Morgan fingerprint density at radius 2 is 1.95 bits per heavy atom. The van der Waals surface area contributed by atoms with Gasteiger partial charge in [-0.05, 0) is 13.0 Å². The highest BCUT2D eigenvalue weighted by atomic mass is 19.4. The van der Waals surface area contributed by atoms with Crippen LogP contribution in [0.25, 0.3) is 11.4 Å². The number of hydrogen-bond acceptors (Lipinski definition) is 4. The minimum absolute atomic E-state index is 0.0292. The first-order valence-electron chi connectivity index (χ1n) is 6.37. The van der Waals surface area contributed by atoms with Crippen LogP contribution in [0, 0.1) is 6.92 Å².